The van der Waals surface area contributed by atoms with Crippen molar-refractivity contribution in [3.63, 3.8) is 0 Å². The second-order valence-electron chi connectivity index (χ2n) is 3.75. The van der Waals surface area contributed by atoms with Gasteiger partial charge in [0, 0.05) is 6.04 Å². The quantitative estimate of drug-likeness (QED) is 0.584. The summed E-state index contributed by atoms with van der Waals surface area (Å²) >= 11 is 0. The summed E-state index contributed by atoms with van der Waals surface area (Å²) in [5.41, 5.74) is 0. The van der Waals surface area contributed by atoms with E-state index in [0.717, 1.165) is 6.04 Å². The Hall–Kier alpha value is -0.300. The van der Waals surface area contributed by atoms with Gasteiger partial charge < -0.3 is 4.90 Å². The van der Waals surface area contributed by atoms with Crippen molar-refractivity contribution in [2.45, 2.75) is 45.1 Å². The summed E-state index contributed by atoms with van der Waals surface area (Å²) in [5.74, 6) is 0. The van der Waals surface area contributed by atoms with Gasteiger partial charge in [0.05, 0.1) is 0 Å². The molecule has 1 nitrogen and oxygen atoms in total. The van der Waals surface area contributed by atoms with Crippen molar-refractivity contribution in [2.75, 3.05) is 13.6 Å². The highest BCUT2D eigenvalue weighted by Gasteiger charge is 2.16. The van der Waals surface area contributed by atoms with E-state index in [9.17, 15) is 0 Å². The number of hydrogen-bond donors (Lipinski definition) is 0. The summed E-state index contributed by atoms with van der Waals surface area (Å²) < 4.78 is 0. The Morgan fingerprint density at radius 1 is 1.33 bits per heavy atom. The number of rotatable bonds is 3. The first-order valence-corrected chi connectivity index (χ1v) is 5.20. The molecule has 1 aliphatic heterocycles. The highest BCUT2D eigenvalue weighted by molar-refractivity contribution is 4.87. The van der Waals surface area contributed by atoms with E-state index >= 15 is 0 Å². The summed E-state index contributed by atoms with van der Waals surface area (Å²) in [6, 6.07) is 0.821. The van der Waals surface area contributed by atoms with Gasteiger partial charge in [-0.2, -0.15) is 0 Å². The van der Waals surface area contributed by atoms with Crippen LogP contribution in [-0.2, 0) is 0 Å². The minimum Gasteiger partial charge on any atom is -0.303 e. The van der Waals surface area contributed by atoms with Crippen LogP contribution in [0, 0.1) is 0 Å². The first kappa shape index (κ1) is 9.79. The Morgan fingerprint density at radius 2 is 2.17 bits per heavy atom. The third kappa shape index (κ3) is 2.98. The maximum absolute atomic E-state index is 2.50. The summed E-state index contributed by atoms with van der Waals surface area (Å²) in [5, 5.41) is 0. The van der Waals surface area contributed by atoms with Gasteiger partial charge in [-0.1, -0.05) is 25.5 Å². The number of hydrogen-bond acceptors (Lipinski definition) is 1. The van der Waals surface area contributed by atoms with Crippen LogP contribution in [0.1, 0.15) is 39.0 Å². The Labute approximate surface area is 76.5 Å². The van der Waals surface area contributed by atoms with Crippen LogP contribution in [-0.4, -0.2) is 24.5 Å². The predicted octanol–water partition coefficient (Wildman–Crippen LogP) is 2.83. The van der Waals surface area contributed by atoms with Gasteiger partial charge in [-0.25, -0.2) is 0 Å². The molecule has 0 aromatic carbocycles. The lowest BCUT2D eigenvalue weighted by Gasteiger charge is -2.31. The molecule has 0 radical (unpaired) electrons. The lowest BCUT2D eigenvalue weighted by atomic mass is 10.00. The van der Waals surface area contributed by atoms with E-state index in [4.69, 9.17) is 0 Å². The lowest BCUT2D eigenvalue weighted by molar-refractivity contribution is 0.187. The maximum Gasteiger partial charge on any atom is 0.0127 e. The molecule has 1 rings (SSSR count). The van der Waals surface area contributed by atoms with Crippen LogP contribution in [0.5, 0.6) is 0 Å². The average Bonchev–Trinajstić information content (AvgIpc) is 2.09. The summed E-state index contributed by atoms with van der Waals surface area (Å²) in [6.07, 6.45) is 11.3. The molecule has 0 amide bonds. The Bertz CT molecular complexity index is 140. The zero-order chi connectivity index (χ0) is 8.81. The van der Waals surface area contributed by atoms with Gasteiger partial charge in [-0.05, 0) is 39.3 Å². The molecule has 1 aliphatic rings. The Balaban J connectivity index is 2.24. The zero-order valence-electron chi connectivity index (χ0n) is 8.42. The third-order valence-electron chi connectivity index (χ3n) is 2.73. The monoisotopic (exact) mass is 167 g/mol. The molecular formula is C11H21N. The molecule has 0 aliphatic carbocycles. The number of piperidine rings is 1. The molecular weight excluding hydrogens is 146 g/mol. The van der Waals surface area contributed by atoms with Gasteiger partial charge in [-0.3, -0.25) is 0 Å². The Kier molecular flexibility index (Phi) is 4.37. The van der Waals surface area contributed by atoms with Crippen LogP contribution in [0.15, 0.2) is 12.2 Å². The molecule has 70 valence electrons. The predicted molar refractivity (Wildman–Crippen MR) is 54.3 cm³/mol. The molecule has 12 heavy (non-hydrogen) atoms. The van der Waals surface area contributed by atoms with Gasteiger partial charge in [0.1, 0.15) is 0 Å². The van der Waals surface area contributed by atoms with Crippen LogP contribution in [0.25, 0.3) is 0 Å². The molecule has 0 saturated carbocycles. The smallest absolute Gasteiger partial charge is 0.0127 e. The van der Waals surface area contributed by atoms with E-state index < -0.39 is 0 Å². The Morgan fingerprint density at radius 3 is 2.83 bits per heavy atom. The fourth-order valence-corrected chi connectivity index (χ4v) is 1.86. The topological polar surface area (TPSA) is 3.24 Å². The minimum atomic E-state index is 0.821. The van der Waals surface area contributed by atoms with Crippen molar-refractivity contribution in [1.29, 1.82) is 0 Å². The summed E-state index contributed by atoms with van der Waals surface area (Å²) in [6.45, 7) is 3.49. The first-order chi connectivity index (χ1) is 5.84. The average molecular weight is 167 g/mol. The standard InChI is InChI=1S/C11H21N/c1-3-4-5-8-11-9-6-7-10-12(11)2/h4-5,11H,3,6-10H2,1-2H3. The van der Waals surface area contributed by atoms with Crippen LogP contribution in [0.2, 0.25) is 0 Å². The number of nitrogens with zero attached hydrogens (tertiary/aromatic N) is 1. The van der Waals surface area contributed by atoms with Crippen molar-refractivity contribution in [3.8, 4) is 0 Å². The second kappa shape index (κ2) is 5.36. The first-order valence-electron chi connectivity index (χ1n) is 5.20. The SMILES string of the molecule is CCC=CCC1CCCCN1C. The minimum absolute atomic E-state index is 0.821. The van der Waals surface area contributed by atoms with E-state index in [-0.39, 0.29) is 0 Å². The fourth-order valence-electron chi connectivity index (χ4n) is 1.86. The normalized spacial score (nSPS) is 26.7. The molecule has 1 saturated heterocycles. The van der Waals surface area contributed by atoms with E-state index in [0.29, 0.717) is 0 Å². The highest BCUT2D eigenvalue weighted by atomic mass is 15.1. The molecule has 0 aromatic rings. The van der Waals surface area contributed by atoms with Crippen LogP contribution in [0.4, 0.5) is 0 Å². The van der Waals surface area contributed by atoms with Crippen LogP contribution >= 0.6 is 0 Å². The molecule has 0 N–H and O–H groups in total. The van der Waals surface area contributed by atoms with Crippen molar-refractivity contribution in [3.05, 3.63) is 12.2 Å². The highest BCUT2D eigenvalue weighted by Crippen LogP contribution is 2.17. The molecule has 0 bridgehead atoms. The van der Waals surface area contributed by atoms with Crippen LogP contribution < -0.4 is 0 Å². The third-order valence-corrected chi connectivity index (χ3v) is 2.73. The van der Waals surface area contributed by atoms with Crippen molar-refractivity contribution >= 4 is 0 Å². The molecule has 1 atom stereocenters. The molecule has 0 spiro atoms. The van der Waals surface area contributed by atoms with E-state index in [1.54, 1.807) is 0 Å². The van der Waals surface area contributed by atoms with Gasteiger partial charge in [0.25, 0.3) is 0 Å². The van der Waals surface area contributed by atoms with E-state index in [2.05, 4.69) is 31.0 Å². The number of allylic oxidation sites excluding steroid dienone is 1. The van der Waals surface area contributed by atoms with Gasteiger partial charge in [0.15, 0.2) is 0 Å². The van der Waals surface area contributed by atoms with E-state index in [1.165, 1.54) is 38.6 Å². The molecule has 1 heterocycles. The van der Waals surface area contributed by atoms with Crippen molar-refractivity contribution in [1.82, 2.24) is 4.90 Å². The molecule has 1 unspecified atom stereocenters. The summed E-state index contributed by atoms with van der Waals surface area (Å²) in [7, 11) is 2.25. The second-order valence-corrected chi connectivity index (χ2v) is 3.75. The van der Waals surface area contributed by atoms with Crippen molar-refractivity contribution in [2.24, 2.45) is 0 Å². The maximum atomic E-state index is 2.50. The largest absolute Gasteiger partial charge is 0.303 e. The van der Waals surface area contributed by atoms with Gasteiger partial charge >= 0.3 is 0 Å². The zero-order valence-corrected chi connectivity index (χ0v) is 8.42. The molecule has 1 fully saturated rings. The van der Waals surface area contributed by atoms with Crippen molar-refractivity contribution < 1.29 is 0 Å². The molecule has 0 aromatic heterocycles. The van der Waals surface area contributed by atoms with Gasteiger partial charge in [-0.15, -0.1) is 0 Å². The fraction of sp³-hybridized carbons (Fsp3) is 0.818. The number of likely N-dealkylation sites (tertiary alicyclic amines) is 1. The van der Waals surface area contributed by atoms with E-state index in [1.807, 2.05) is 0 Å². The van der Waals surface area contributed by atoms with Gasteiger partial charge in [0.2, 0.25) is 0 Å². The van der Waals surface area contributed by atoms with Crippen LogP contribution in [0.3, 0.4) is 0 Å². The molecule has 1 heteroatoms. The lowest BCUT2D eigenvalue weighted by Crippen LogP contribution is -2.35. The summed E-state index contributed by atoms with van der Waals surface area (Å²) in [4.78, 5) is 2.50.